The minimum Gasteiger partial charge on any atom is -0.466 e. The Morgan fingerprint density at radius 3 is 2.61 bits per heavy atom. The molecule has 23 heavy (non-hydrogen) atoms. The third-order valence-corrected chi connectivity index (χ3v) is 5.25. The minimum atomic E-state index is -0.682. The molecule has 0 saturated carbocycles. The smallest absolute Gasteiger partial charge is 0.204 e. The van der Waals surface area contributed by atoms with Crippen LogP contribution in [0, 0.1) is 16.7 Å². The number of nitrogens with one attached hydrogen (secondary N) is 1. The first-order valence-electron chi connectivity index (χ1n) is 8.12. The van der Waals surface area contributed by atoms with E-state index in [-0.39, 0.29) is 11.7 Å². The molecule has 120 valence electrons. The molecule has 3 N–H and O–H groups in total. The van der Waals surface area contributed by atoms with Gasteiger partial charge in [-0.3, -0.25) is 4.79 Å². The van der Waals surface area contributed by atoms with E-state index in [0.717, 1.165) is 32.5 Å². The van der Waals surface area contributed by atoms with Gasteiger partial charge in [-0.25, -0.2) is 0 Å². The van der Waals surface area contributed by atoms with E-state index in [1.54, 1.807) is 12.1 Å². The fourth-order valence-electron chi connectivity index (χ4n) is 3.82. The second kappa shape index (κ2) is 6.05. The third-order valence-electron chi connectivity index (χ3n) is 5.25. The standard InChI is InChI=1S/C18H21N3O2/c1-2-21-10-8-18(9-11-21)14(12-19)17(20)23-16(18)15(22)13-6-4-3-5-7-13/h3-7,16H,2,8-11,20H2,1H3/p+1/t16-/m0/s1. The number of nitrogens with zero attached hydrogens (tertiary/aromatic N) is 1. The van der Waals surface area contributed by atoms with Gasteiger partial charge in [-0.2, -0.15) is 5.26 Å². The van der Waals surface area contributed by atoms with E-state index >= 15 is 0 Å². The number of likely N-dealkylation sites (tertiary alicyclic amines) is 1. The predicted molar refractivity (Wildman–Crippen MR) is 85.4 cm³/mol. The van der Waals surface area contributed by atoms with E-state index in [9.17, 15) is 10.1 Å². The molecule has 1 fully saturated rings. The Balaban J connectivity index is 1.95. The number of nitrogens with two attached hydrogens (primary N) is 1. The maximum absolute atomic E-state index is 13.0. The lowest BCUT2D eigenvalue weighted by molar-refractivity contribution is -0.905. The number of ketones is 1. The Kier molecular flexibility index (Phi) is 4.10. The largest absolute Gasteiger partial charge is 0.466 e. The van der Waals surface area contributed by atoms with Gasteiger partial charge in [0.25, 0.3) is 0 Å². The molecule has 0 bridgehead atoms. The second-order valence-electron chi connectivity index (χ2n) is 6.34. The summed E-state index contributed by atoms with van der Waals surface area (Å²) in [5, 5.41) is 9.56. The van der Waals surface area contributed by atoms with Crippen molar-refractivity contribution in [2.75, 3.05) is 19.6 Å². The number of carbonyl (C=O) groups excluding carboxylic acids is 1. The zero-order valence-electron chi connectivity index (χ0n) is 13.3. The number of nitriles is 1. The molecule has 2 aliphatic rings. The van der Waals surface area contributed by atoms with E-state index in [2.05, 4.69) is 13.0 Å². The molecule has 1 atom stereocenters. The third kappa shape index (κ3) is 2.49. The predicted octanol–water partition coefficient (Wildman–Crippen LogP) is 0.647. The van der Waals surface area contributed by atoms with Gasteiger partial charge in [-0.05, 0) is 6.92 Å². The summed E-state index contributed by atoms with van der Waals surface area (Å²) in [5.41, 5.74) is 6.45. The zero-order chi connectivity index (χ0) is 16.4. The van der Waals surface area contributed by atoms with Crippen molar-refractivity contribution in [2.24, 2.45) is 11.1 Å². The number of Topliss-reactive ketones (excluding diaryl/α,β-unsaturated/α-hetero) is 1. The molecule has 0 amide bonds. The van der Waals surface area contributed by atoms with Crippen molar-refractivity contribution in [1.82, 2.24) is 0 Å². The van der Waals surface area contributed by atoms with Crippen LogP contribution in [-0.4, -0.2) is 31.5 Å². The topological polar surface area (TPSA) is 80.6 Å². The number of hydrogen-bond acceptors (Lipinski definition) is 4. The molecule has 0 unspecified atom stereocenters. The molecule has 2 heterocycles. The van der Waals surface area contributed by atoms with E-state index in [4.69, 9.17) is 10.5 Å². The normalized spacial score (nSPS) is 30.1. The summed E-state index contributed by atoms with van der Waals surface area (Å²) in [5.74, 6) is 0.0421. The van der Waals surface area contributed by atoms with Crippen molar-refractivity contribution in [3.05, 3.63) is 47.4 Å². The van der Waals surface area contributed by atoms with Gasteiger partial charge in [-0.15, -0.1) is 0 Å². The van der Waals surface area contributed by atoms with Crippen molar-refractivity contribution in [2.45, 2.75) is 25.9 Å². The van der Waals surface area contributed by atoms with Crippen LogP contribution in [-0.2, 0) is 4.74 Å². The number of benzene rings is 1. The first-order chi connectivity index (χ1) is 11.1. The fourth-order valence-corrected chi connectivity index (χ4v) is 3.82. The number of carbonyl (C=O) groups is 1. The van der Waals surface area contributed by atoms with Gasteiger partial charge in [0.05, 0.1) is 30.6 Å². The zero-order valence-corrected chi connectivity index (χ0v) is 13.3. The second-order valence-corrected chi connectivity index (χ2v) is 6.34. The Hall–Kier alpha value is -2.32. The lowest BCUT2D eigenvalue weighted by atomic mass is 9.68. The Morgan fingerprint density at radius 2 is 2.04 bits per heavy atom. The molecule has 1 aromatic carbocycles. The summed E-state index contributed by atoms with van der Waals surface area (Å²) >= 11 is 0. The first-order valence-corrected chi connectivity index (χ1v) is 8.12. The lowest BCUT2D eigenvalue weighted by Crippen LogP contribution is -3.13. The molecular weight excluding hydrogens is 290 g/mol. The summed E-state index contributed by atoms with van der Waals surface area (Å²) in [6, 6.07) is 11.3. The molecule has 0 aliphatic carbocycles. The number of hydrogen-bond donors (Lipinski definition) is 2. The molecule has 0 aromatic heterocycles. The quantitative estimate of drug-likeness (QED) is 0.803. The monoisotopic (exact) mass is 312 g/mol. The molecule has 3 rings (SSSR count). The summed E-state index contributed by atoms with van der Waals surface area (Å²) < 4.78 is 5.72. The van der Waals surface area contributed by atoms with Crippen LogP contribution in [0.15, 0.2) is 41.8 Å². The van der Waals surface area contributed by atoms with E-state index < -0.39 is 11.5 Å². The van der Waals surface area contributed by atoms with Crippen LogP contribution >= 0.6 is 0 Å². The highest BCUT2D eigenvalue weighted by Gasteiger charge is 2.56. The van der Waals surface area contributed by atoms with Crippen LogP contribution in [0.3, 0.4) is 0 Å². The van der Waals surface area contributed by atoms with Crippen molar-refractivity contribution >= 4 is 5.78 Å². The van der Waals surface area contributed by atoms with Gasteiger partial charge >= 0.3 is 0 Å². The van der Waals surface area contributed by atoms with Gasteiger partial charge in [-0.1, -0.05) is 30.3 Å². The molecule has 0 radical (unpaired) electrons. The highest BCUT2D eigenvalue weighted by Crippen LogP contribution is 2.47. The fraction of sp³-hybridized carbons (Fsp3) is 0.444. The molecule has 1 spiro atoms. The highest BCUT2D eigenvalue weighted by atomic mass is 16.5. The van der Waals surface area contributed by atoms with Crippen LogP contribution in [0.5, 0.6) is 0 Å². The van der Waals surface area contributed by atoms with Gasteiger partial charge in [0.2, 0.25) is 5.78 Å². The van der Waals surface area contributed by atoms with Crippen molar-refractivity contribution in [1.29, 1.82) is 5.26 Å². The van der Waals surface area contributed by atoms with Crippen LogP contribution in [0.4, 0.5) is 0 Å². The molecule has 1 saturated heterocycles. The summed E-state index contributed by atoms with van der Waals surface area (Å²) in [4.78, 5) is 14.4. The molecule has 5 heteroatoms. The molecule has 1 aromatic rings. The lowest BCUT2D eigenvalue weighted by Gasteiger charge is -2.38. The van der Waals surface area contributed by atoms with Gasteiger partial charge in [0, 0.05) is 18.4 Å². The highest BCUT2D eigenvalue weighted by molar-refractivity contribution is 6.00. The summed E-state index contributed by atoms with van der Waals surface area (Å²) in [7, 11) is 0. The Labute approximate surface area is 136 Å². The molecule has 2 aliphatic heterocycles. The summed E-state index contributed by atoms with van der Waals surface area (Å²) in [6.45, 7) is 5.06. The van der Waals surface area contributed by atoms with Crippen molar-refractivity contribution in [3.8, 4) is 6.07 Å². The van der Waals surface area contributed by atoms with E-state index in [1.165, 1.54) is 4.90 Å². The average molecular weight is 312 g/mol. The minimum absolute atomic E-state index is 0.0845. The average Bonchev–Trinajstić information content (AvgIpc) is 2.87. The van der Waals surface area contributed by atoms with Crippen molar-refractivity contribution in [3.63, 3.8) is 0 Å². The summed E-state index contributed by atoms with van der Waals surface area (Å²) in [6.07, 6.45) is 0.824. The maximum Gasteiger partial charge on any atom is 0.204 e. The van der Waals surface area contributed by atoms with Crippen LogP contribution in [0.25, 0.3) is 0 Å². The SMILES string of the molecule is CC[NH+]1CCC2(CC1)C(C#N)=C(N)O[C@H]2C(=O)c1ccccc1. The van der Waals surface area contributed by atoms with Gasteiger partial charge < -0.3 is 15.4 Å². The van der Waals surface area contributed by atoms with E-state index in [0.29, 0.717) is 11.1 Å². The Morgan fingerprint density at radius 1 is 1.39 bits per heavy atom. The molecular formula is C18H22N3O2+. The van der Waals surface area contributed by atoms with Gasteiger partial charge in [0.15, 0.2) is 12.0 Å². The van der Waals surface area contributed by atoms with Gasteiger partial charge in [0.1, 0.15) is 6.07 Å². The number of quaternary nitrogens is 1. The Bertz CT molecular complexity index is 667. The maximum atomic E-state index is 13.0. The van der Waals surface area contributed by atoms with Crippen LogP contribution in [0.1, 0.15) is 30.1 Å². The number of piperidine rings is 1. The molecule has 5 nitrogen and oxygen atoms in total. The number of rotatable bonds is 3. The van der Waals surface area contributed by atoms with Crippen LogP contribution in [0.2, 0.25) is 0 Å². The number of ether oxygens (including phenoxy) is 1. The van der Waals surface area contributed by atoms with Crippen molar-refractivity contribution < 1.29 is 14.4 Å². The van der Waals surface area contributed by atoms with E-state index in [1.807, 2.05) is 18.2 Å². The first kappa shape index (κ1) is 15.6. The van der Waals surface area contributed by atoms with Crippen LogP contribution < -0.4 is 10.6 Å².